The molecule has 0 spiro atoms. The van der Waals surface area contributed by atoms with Gasteiger partial charge >= 0.3 is 0 Å². The molecular formula is C26H29NO3. The highest BCUT2D eigenvalue weighted by atomic mass is 16.5. The van der Waals surface area contributed by atoms with Gasteiger partial charge in [-0.1, -0.05) is 74.5 Å². The van der Waals surface area contributed by atoms with Crippen molar-refractivity contribution in [2.75, 3.05) is 6.61 Å². The summed E-state index contributed by atoms with van der Waals surface area (Å²) in [6.45, 7) is 5.81. The number of allylic oxidation sites excluding steroid dienone is 2. The van der Waals surface area contributed by atoms with Crippen molar-refractivity contribution in [1.82, 2.24) is 5.32 Å². The van der Waals surface area contributed by atoms with Crippen LogP contribution in [0.5, 0.6) is 5.75 Å². The molecule has 1 atom stereocenters. The second kappa shape index (κ2) is 10.1. The molecule has 1 unspecified atom stereocenters. The number of benzene rings is 2. The van der Waals surface area contributed by atoms with E-state index < -0.39 is 6.04 Å². The van der Waals surface area contributed by atoms with Crippen molar-refractivity contribution >= 4 is 23.8 Å². The van der Waals surface area contributed by atoms with Crippen LogP contribution in [0, 0.1) is 5.92 Å². The van der Waals surface area contributed by atoms with E-state index in [-0.39, 0.29) is 17.6 Å². The predicted molar refractivity (Wildman–Crippen MR) is 121 cm³/mol. The van der Waals surface area contributed by atoms with E-state index in [0.717, 1.165) is 23.3 Å². The Kier molecular flexibility index (Phi) is 7.23. The summed E-state index contributed by atoms with van der Waals surface area (Å²) in [6, 6.07) is 13.3. The minimum atomic E-state index is -0.524. The zero-order chi connectivity index (χ0) is 21.5. The number of fused-ring (bicyclic) bond motifs is 1. The Labute approximate surface area is 178 Å². The van der Waals surface area contributed by atoms with Crippen LogP contribution in [-0.4, -0.2) is 24.3 Å². The summed E-state index contributed by atoms with van der Waals surface area (Å²) in [6.07, 6.45) is 9.73. The molecule has 2 aromatic rings. The lowest BCUT2D eigenvalue weighted by Gasteiger charge is -2.20. The number of rotatable bonds is 8. The van der Waals surface area contributed by atoms with Gasteiger partial charge in [-0.05, 0) is 36.1 Å². The molecule has 30 heavy (non-hydrogen) atoms. The molecule has 2 aromatic carbocycles. The van der Waals surface area contributed by atoms with E-state index in [1.807, 2.05) is 50.3 Å². The Morgan fingerprint density at radius 1 is 1.10 bits per heavy atom. The van der Waals surface area contributed by atoms with Gasteiger partial charge in [-0.3, -0.25) is 9.59 Å². The van der Waals surface area contributed by atoms with E-state index in [0.29, 0.717) is 17.9 Å². The number of ether oxygens (including phenoxy) is 1. The van der Waals surface area contributed by atoms with Gasteiger partial charge in [0, 0.05) is 11.6 Å². The fraction of sp³-hybridized carbons (Fsp3) is 0.308. The largest absolute Gasteiger partial charge is 0.492 e. The molecule has 1 N–H and O–H groups in total. The van der Waals surface area contributed by atoms with E-state index in [9.17, 15) is 9.59 Å². The minimum Gasteiger partial charge on any atom is -0.492 e. The number of carbonyl (C=O) groups is 2. The molecule has 0 aromatic heterocycles. The average Bonchev–Trinajstić information content (AvgIpc) is 2.98. The van der Waals surface area contributed by atoms with Gasteiger partial charge in [0.2, 0.25) is 0 Å². The van der Waals surface area contributed by atoms with E-state index in [1.165, 1.54) is 12.5 Å². The zero-order valence-electron chi connectivity index (χ0n) is 17.9. The number of ketones is 1. The molecule has 4 heteroatoms. The summed E-state index contributed by atoms with van der Waals surface area (Å²) in [5.74, 6) is 0.234. The molecule has 0 bridgehead atoms. The first-order valence-electron chi connectivity index (χ1n) is 10.5. The summed E-state index contributed by atoms with van der Waals surface area (Å²) < 4.78 is 6.19. The van der Waals surface area contributed by atoms with E-state index in [4.69, 9.17) is 4.74 Å². The van der Waals surface area contributed by atoms with Gasteiger partial charge in [-0.25, -0.2) is 0 Å². The molecule has 1 aliphatic carbocycles. The van der Waals surface area contributed by atoms with Crippen LogP contribution in [0.4, 0.5) is 0 Å². The monoisotopic (exact) mass is 403 g/mol. The fourth-order valence-electron chi connectivity index (χ4n) is 3.61. The van der Waals surface area contributed by atoms with Crippen molar-refractivity contribution in [3.8, 4) is 5.75 Å². The third-order valence-electron chi connectivity index (χ3n) is 5.22. The molecule has 0 fully saturated rings. The van der Waals surface area contributed by atoms with Gasteiger partial charge in [0.1, 0.15) is 5.75 Å². The van der Waals surface area contributed by atoms with Crippen LogP contribution >= 0.6 is 0 Å². The molecule has 1 aliphatic rings. The highest BCUT2D eigenvalue weighted by Gasteiger charge is 2.23. The number of carbonyl (C=O) groups excluding carboxylic acids is 2. The Balaban J connectivity index is 1.93. The second-order valence-corrected chi connectivity index (χ2v) is 7.87. The lowest BCUT2D eigenvalue weighted by atomic mass is 10.00. The molecule has 0 saturated carbocycles. The van der Waals surface area contributed by atoms with Gasteiger partial charge in [0.25, 0.3) is 5.91 Å². The number of hydrogen-bond acceptors (Lipinski definition) is 3. The van der Waals surface area contributed by atoms with Crippen molar-refractivity contribution < 1.29 is 14.3 Å². The van der Waals surface area contributed by atoms with Crippen LogP contribution in [0.15, 0.2) is 54.6 Å². The van der Waals surface area contributed by atoms with Gasteiger partial charge in [-0.15, -0.1) is 0 Å². The SMILES string of the molecule is CC(=O)C(NC(=O)c1ccc2c(c1OCCc1ccccc1)=CC=CCC=2)C(C)C. The molecule has 0 aliphatic heterocycles. The van der Waals surface area contributed by atoms with Crippen molar-refractivity contribution in [3.05, 3.63) is 76.2 Å². The summed E-state index contributed by atoms with van der Waals surface area (Å²) in [4.78, 5) is 25.1. The molecule has 4 nitrogen and oxygen atoms in total. The Morgan fingerprint density at radius 2 is 1.87 bits per heavy atom. The zero-order valence-corrected chi connectivity index (χ0v) is 17.9. The average molecular weight is 404 g/mol. The first-order chi connectivity index (χ1) is 14.5. The van der Waals surface area contributed by atoms with Crippen LogP contribution in [0.2, 0.25) is 0 Å². The van der Waals surface area contributed by atoms with Crippen molar-refractivity contribution in [2.45, 2.75) is 39.7 Å². The number of amides is 1. The molecule has 0 heterocycles. The summed E-state index contributed by atoms with van der Waals surface area (Å²) in [5.41, 5.74) is 1.63. The van der Waals surface area contributed by atoms with Crippen molar-refractivity contribution in [3.63, 3.8) is 0 Å². The molecule has 0 saturated heterocycles. The lowest BCUT2D eigenvalue weighted by molar-refractivity contribution is -0.119. The first kappa shape index (κ1) is 21.6. The molecular weight excluding hydrogens is 374 g/mol. The van der Waals surface area contributed by atoms with E-state index in [1.54, 1.807) is 6.07 Å². The van der Waals surface area contributed by atoms with Crippen LogP contribution in [-0.2, 0) is 11.2 Å². The third kappa shape index (κ3) is 5.26. The summed E-state index contributed by atoms with van der Waals surface area (Å²) in [7, 11) is 0. The summed E-state index contributed by atoms with van der Waals surface area (Å²) in [5, 5.41) is 4.83. The Morgan fingerprint density at radius 3 is 2.57 bits per heavy atom. The third-order valence-corrected chi connectivity index (χ3v) is 5.22. The van der Waals surface area contributed by atoms with Crippen LogP contribution < -0.4 is 20.5 Å². The van der Waals surface area contributed by atoms with Gasteiger partial charge in [0.05, 0.1) is 18.2 Å². The van der Waals surface area contributed by atoms with E-state index >= 15 is 0 Å². The van der Waals surface area contributed by atoms with Gasteiger partial charge < -0.3 is 10.1 Å². The van der Waals surface area contributed by atoms with Crippen LogP contribution in [0.1, 0.15) is 43.1 Å². The predicted octanol–water partition coefficient (Wildman–Crippen LogP) is 3.17. The standard InChI is InChI=1S/C26H29NO3/c1-18(2)24(19(3)28)27-26(29)23-15-14-21-12-8-5-9-13-22(21)25(23)30-17-16-20-10-6-4-7-11-20/h4-7,9-15,18,24H,8,16-17H2,1-3H3,(H,27,29). The first-order valence-corrected chi connectivity index (χ1v) is 10.5. The van der Waals surface area contributed by atoms with Crippen LogP contribution in [0.25, 0.3) is 12.2 Å². The number of nitrogens with one attached hydrogen (secondary N) is 1. The highest BCUT2D eigenvalue weighted by molar-refractivity contribution is 5.99. The maximum atomic E-state index is 13.1. The molecule has 0 radical (unpaired) electrons. The van der Waals surface area contributed by atoms with Gasteiger partial charge in [-0.2, -0.15) is 0 Å². The van der Waals surface area contributed by atoms with Crippen molar-refractivity contribution in [2.24, 2.45) is 5.92 Å². The lowest BCUT2D eigenvalue weighted by Crippen LogP contribution is -2.44. The number of Topliss-reactive ketones (excluding diaryl/α,β-unsaturated/α-hetero) is 1. The Hall–Kier alpha value is -3.14. The maximum Gasteiger partial charge on any atom is 0.255 e. The number of hydrogen-bond donors (Lipinski definition) is 1. The fourth-order valence-corrected chi connectivity index (χ4v) is 3.61. The molecule has 3 rings (SSSR count). The molecule has 156 valence electrons. The topological polar surface area (TPSA) is 55.4 Å². The van der Waals surface area contributed by atoms with Gasteiger partial charge in [0.15, 0.2) is 5.78 Å². The maximum absolute atomic E-state index is 13.1. The van der Waals surface area contributed by atoms with Crippen LogP contribution in [0.3, 0.4) is 0 Å². The normalized spacial score (nSPS) is 13.5. The Bertz CT molecular complexity index is 1050. The highest BCUT2D eigenvalue weighted by Crippen LogP contribution is 2.15. The second-order valence-electron chi connectivity index (χ2n) is 7.87. The smallest absolute Gasteiger partial charge is 0.255 e. The van der Waals surface area contributed by atoms with Crippen molar-refractivity contribution in [1.29, 1.82) is 0 Å². The van der Waals surface area contributed by atoms with E-state index in [2.05, 4.69) is 29.6 Å². The summed E-state index contributed by atoms with van der Waals surface area (Å²) >= 11 is 0. The molecule has 1 amide bonds. The minimum absolute atomic E-state index is 0.0116. The quantitative estimate of drug-likeness (QED) is 0.737.